The molecule has 3 rings (SSSR count). The lowest BCUT2D eigenvalue weighted by molar-refractivity contribution is 0.0917. The third kappa shape index (κ3) is 2.26. The summed E-state index contributed by atoms with van der Waals surface area (Å²) in [6, 6.07) is 0.131. The average molecular weight is 338 g/mol. The molecule has 0 saturated heterocycles. The van der Waals surface area contributed by atoms with Gasteiger partial charge in [-0.25, -0.2) is 4.98 Å². The van der Waals surface area contributed by atoms with Gasteiger partial charge < -0.3 is 9.88 Å². The van der Waals surface area contributed by atoms with Crippen LogP contribution in [0.15, 0.2) is 16.9 Å². The Kier molecular flexibility index (Phi) is 3.37. The van der Waals surface area contributed by atoms with E-state index in [1.165, 1.54) is 0 Å². The molecule has 1 aliphatic heterocycles. The smallest absolute Gasteiger partial charge is 0.271 e. The molecule has 1 amide bonds. The van der Waals surface area contributed by atoms with E-state index in [4.69, 9.17) is 0 Å². The summed E-state index contributed by atoms with van der Waals surface area (Å²) in [5.74, 6) is 1.00. The van der Waals surface area contributed by atoms with Crippen molar-refractivity contribution in [3.63, 3.8) is 0 Å². The maximum atomic E-state index is 12.4. The highest BCUT2D eigenvalue weighted by Crippen LogP contribution is 2.21. The van der Waals surface area contributed by atoms with Gasteiger partial charge in [-0.3, -0.25) is 9.48 Å². The van der Waals surface area contributed by atoms with Gasteiger partial charge in [-0.15, -0.1) is 0 Å². The van der Waals surface area contributed by atoms with E-state index in [1.807, 2.05) is 13.1 Å². The molecule has 3 heterocycles. The third-order valence-electron chi connectivity index (χ3n) is 3.63. The molecule has 0 fully saturated rings. The molecule has 2 aromatic rings. The molecule has 20 heavy (non-hydrogen) atoms. The number of aryl methyl sites for hydroxylation is 3. The third-order valence-corrected chi connectivity index (χ3v) is 4.58. The van der Waals surface area contributed by atoms with Gasteiger partial charge in [-0.05, 0) is 29.3 Å². The average Bonchev–Trinajstić information content (AvgIpc) is 2.94. The molecule has 0 aromatic carbocycles. The summed E-state index contributed by atoms with van der Waals surface area (Å²) in [4.78, 5) is 16.7. The van der Waals surface area contributed by atoms with E-state index >= 15 is 0 Å². The first-order valence-corrected chi connectivity index (χ1v) is 7.35. The van der Waals surface area contributed by atoms with Crippen LogP contribution in [0.25, 0.3) is 0 Å². The predicted molar refractivity (Wildman–Crippen MR) is 77.4 cm³/mol. The fourth-order valence-corrected chi connectivity index (χ4v) is 3.13. The summed E-state index contributed by atoms with van der Waals surface area (Å²) in [5.41, 5.74) is 1.39. The zero-order valence-corrected chi connectivity index (χ0v) is 13.0. The van der Waals surface area contributed by atoms with Crippen LogP contribution in [-0.2, 0) is 20.0 Å². The Labute approximate surface area is 125 Å². The van der Waals surface area contributed by atoms with Gasteiger partial charge in [0, 0.05) is 38.4 Å². The van der Waals surface area contributed by atoms with Gasteiger partial charge in [0.05, 0.1) is 10.2 Å². The molecule has 0 bridgehead atoms. The second-order valence-corrected chi connectivity index (χ2v) is 5.87. The lowest BCUT2D eigenvalue weighted by Gasteiger charge is -2.24. The molecule has 0 unspecified atom stereocenters. The van der Waals surface area contributed by atoms with Crippen molar-refractivity contribution in [3.8, 4) is 0 Å². The second kappa shape index (κ2) is 5.05. The highest BCUT2D eigenvalue weighted by atomic mass is 79.9. The zero-order chi connectivity index (χ0) is 14.3. The number of nitrogens with one attached hydrogen (secondary N) is 1. The number of nitrogens with zero attached hydrogens (tertiary/aromatic N) is 4. The number of aromatic nitrogens is 4. The van der Waals surface area contributed by atoms with Gasteiger partial charge in [-0.1, -0.05) is 0 Å². The number of hydrogen-bond acceptors (Lipinski definition) is 3. The van der Waals surface area contributed by atoms with E-state index < -0.39 is 0 Å². The van der Waals surface area contributed by atoms with Gasteiger partial charge in [0.15, 0.2) is 0 Å². The first kappa shape index (κ1) is 13.4. The van der Waals surface area contributed by atoms with E-state index in [0.717, 1.165) is 35.4 Å². The first-order valence-electron chi connectivity index (χ1n) is 6.56. The topological polar surface area (TPSA) is 64.7 Å². The fraction of sp³-hybridized carbons (Fsp3) is 0.462. The highest BCUT2D eigenvalue weighted by molar-refractivity contribution is 9.10. The number of imidazole rings is 1. The standard InChI is InChI=1S/C13H16BrN5O/c1-8-11(14)12(18(2)17-8)13(20)16-9-3-4-10-15-5-6-19(10)7-9/h5-6,9H,3-4,7H2,1-2H3,(H,16,20)/t9-/m1/s1. The molecule has 0 spiro atoms. The zero-order valence-electron chi connectivity index (χ0n) is 11.4. The van der Waals surface area contributed by atoms with Crippen LogP contribution in [0.3, 0.4) is 0 Å². The van der Waals surface area contributed by atoms with Crippen LogP contribution in [0.5, 0.6) is 0 Å². The number of halogens is 1. The second-order valence-electron chi connectivity index (χ2n) is 5.08. The molecule has 2 aromatic heterocycles. The highest BCUT2D eigenvalue weighted by Gasteiger charge is 2.24. The summed E-state index contributed by atoms with van der Waals surface area (Å²) in [7, 11) is 1.78. The Bertz CT molecular complexity index is 660. The van der Waals surface area contributed by atoms with E-state index in [-0.39, 0.29) is 11.9 Å². The molecule has 1 N–H and O–H groups in total. The summed E-state index contributed by atoms with van der Waals surface area (Å²) < 4.78 is 4.47. The Morgan fingerprint density at radius 2 is 2.35 bits per heavy atom. The number of fused-ring (bicyclic) bond motifs is 1. The molecule has 6 nitrogen and oxygen atoms in total. The van der Waals surface area contributed by atoms with Gasteiger partial charge in [0.1, 0.15) is 11.5 Å². The molecule has 1 atom stereocenters. The minimum Gasteiger partial charge on any atom is -0.346 e. The number of hydrogen-bond donors (Lipinski definition) is 1. The Hall–Kier alpha value is -1.63. The van der Waals surface area contributed by atoms with E-state index in [1.54, 1.807) is 17.9 Å². The van der Waals surface area contributed by atoms with Gasteiger partial charge in [0.25, 0.3) is 5.91 Å². The molecular weight excluding hydrogens is 322 g/mol. The normalized spacial score (nSPS) is 17.9. The first-order chi connectivity index (χ1) is 9.56. The molecule has 106 valence electrons. The summed E-state index contributed by atoms with van der Waals surface area (Å²) in [6.07, 6.45) is 5.57. The quantitative estimate of drug-likeness (QED) is 0.901. The van der Waals surface area contributed by atoms with Crippen molar-refractivity contribution in [3.05, 3.63) is 34.1 Å². The lowest BCUT2D eigenvalue weighted by Crippen LogP contribution is -2.41. The lowest BCUT2D eigenvalue weighted by atomic mass is 10.1. The van der Waals surface area contributed by atoms with Crippen LogP contribution in [0.4, 0.5) is 0 Å². The summed E-state index contributed by atoms with van der Waals surface area (Å²) in [6.45, 7) is 2.65. The molecule has 0 saturated carbocycles. The van der Waals surface area contributed by atoms with Crippen LogP contribution in [0, 0.1) is 6.92 Å². The van der Waals surface area contributed by atoms with Gasteiger partial charge in [-0.2, -0.15) is 5.10 Å². The summed E-state index contributed by atoms with van der Waals surface area (Å²) in [5, 5.41) is 7.33. The van der Waals surface area contributed by atoms with Crippen molar-refractivity contribution in [1.29, 1.82) is 0 Å². The SMILES string of the molecule is Cc1nn(C)c(C(=O)N[C@@H]2CCc3nccn3C2)c1Br. The van der Waals surface area contributed by atoms with Crippen LogP contribution >= 0.6 is 15.9 Å². The Balaban J connectivity index is 1.74. The molecule has 1 aliphatic rings. The fourth-order valence-electron chi connectivity index (χ4n) is 2.62. The van der Waals surface area contributed by atoms with Crippen LogP contribution in [-0.4, -0.2) is 31.3 Å². The molecule has 0 radical (unpaired) electrons. The van der Waals surface area contributed by atoms with Crippen LogP contribution in [0.2, 0.25) is 0 Å². The number of amides is 1. The molecular formula is C13H16BrN5O. The largest absolute Gasteiger partial charge is 0.346 e. The van der Waals surface area contributed by atoms with Gasteiger partial charge >= 0.3 is 0 Å². The number of carbonyl (C=O) groups is 1. The van der Waals surface area contributed by atoms with Crippen LogP contribution < -0.4 is 5.32 Å². The monoisotopic (exact) mass is 337 g/mol. The molecule has 0 aliphatic carbocycles. The van der Waals surface area contributed by atoms with Crippen LogP contribution in [0.1, 0.15) is 28.4 Å². The minimum absolute atomic E-state index is 0.0893. The van der Waals surface area contributed by atoms with Crippen molar-refractivity contribution in [2.24, 2.45) is 7.05 Å². The maximum Gasteiger partial charge on any atom is 0.271 e. The number of rotatable bonds is 2. The summed E-state index contributed by atoms with van der Waals surface area (Å²) >= 11 is 3.43. The van der Waals surface area contributed by atoms with Crippen molar-refractivity contribution in [2.45, 2.75) is 32.4 Å². The Morgan fingerprint density at radius 1 is 1.55 bits per heavy atom. The Morgan fingerprint density at radius 3 is 3.05 bits per heavy atom. The minimum atomic E-state index is -0.0893. The van der Waals surface area contributed by atoms with E-state index in [0.29, 0.717) is 5.69 Å². The maximum absolute atomic E-state index is 12.4. The van der Waals surface area contributed by atoms with Crippen molar-refractivity contribution >= 4 is 21.8 Å². The molecule has 7 heteroatoms. The van der Waals surface area contributed by atoms with E-state index in [9.17, 15) is 4.79 Å². The predicted octanol–water partition coefficient (Wildman–Crippen LogP) is 1.43. The van der Waals surface area contributed by atoms with Gasteiger partial charge in [0.2, 0.25) is 0 Å². The van der Waals surface area contributed by atoms with Crippen molar-refractivity contribution < 1.29 is 4.79 Å². The van der Waals surface area contributed by atoms with Crippen molar-refractivity contribution in [2.75, 3.05) is 0 Å². The number of carbonyl (C=O) groups excluding carboxylic acids is 1. The van der Waals surface area contributed by atoms with Crippen molar-refractivity contribution in [1.82, 2.24) is 24.6 Å². The van der Waals surface area contributed by atoms with E-state index in [2.05, 4.69) is 35.9 Å².